The summed E-state index contributed by atoms with van der Waals surface area (Å²) in [6.07, 6.45) is 8.50. The minimum Gasteiger partial charge on any atom is -0.214 e. The topological polar surface area (TPSA) is 0 Å². The minimum atomic E-state index is 0. The number of allylic oxidation sites excluding steroid dienone is 6. The van der Waals surface area contributed by atoms with E-state index in [0.717, 1.165) is 6.42 Å². The molecule has 5 aromatic rings. The van der Waals surface area contributed by atoms with Crippen molar-refractivity contribution in [3.05, 3.63) is 202 Å². The van der Waals surface area contributed by atoms with E-state index in [2.05, 4.69) is 182 Å². The van der Waals surface area contributed by atoms with Crippen molar-refractivity contribution in [1.29, 1.82) is 0 Å². The smallest absolute Gasteiger partial charge is 0.00969 e. The van der Waals surface area contributed by atoms with Gasteiger partial charge in [0.25, 0.3) is 0 Å². The van der Waals surface area contributed by atoms with Crippen LogP contribution in [0.15, 0.2) is 162 Å². The molecular weight excluding hydrogens is 883 g/mol. The second-order valence-corrected chi connectivity index (χ2v) is 22.9. The Morgan fingerprint density at radius 2 is 1.10 bits per heavy atom. The first-order valence-corrected chi connectivity index (χ1v) is 24.0. The molecule has 4 aliphatic carbocycles. The molecule has 9 rings (SSSR count). The van der Waals surface area contributed by atoms with E-state index in [1.807, 2.05) is 60.7 Å². The number of rotatable bonds is 2. The van der Waals surface area contributed by atoms with E-state index in [0.29, 0.717) is 5.92 Å². The van der Waals surface area contributed by atoms with Crippen LogP contribution in [0.2, 0.25) is 0 Å². The van der Waals surface area contributed by atoms with Gasteiger partial charge < -0.3 is 0 Å². The van der Waals surface area contributed by atoms with E-state index < -0.39 is 0 Å². The van der Waals surface area contributed by atoms with Crippen molar-refractivity contribution in [2.75, 3.05) is 0 Å². The number of hydrogen-bond donors (Lipinski definition) is 0. The summed E-state index contributed by atoms with van der Waals surface area (Å²) in [5.74, 6) is 2.24. The van der Waals surface area contributed by atoms with Crippen LogP contribution in [-0.4, -0.2) is 3.21 Å². The predicted octanol–water partition coefficient (Wildman–Crippen LogP) is 17.0. The number of hydrogen-bond acceptors (Lipinski definition) is 0. The first-order chi connectivity index (χ1) is 28.6. The van der Waals surface area contributed by atoms with Gasteiger partial charge in [-0.05, 0) is 40.6 Å². The average Bonchev–Trinajstić information content (AvgIpc) is 4.06. The SMILES string of the molecule is CC(C)(C)c1ccc([C](=[Zr])c2ccc(C(C)(C)C)cc2)cc1.C[C-]1C2=C3Cc4ccccc4C3=C3C=CCCC3C2(C)C(C)(C)C(C)(C)C1(C)C.Cl.Cl.c1cc[cH-]c1.c1cc[cH-]c1. The molecule has 0 heterocycles. The summed E-state index contributed by atoms with van der Waals surface area (Å²) in [7, 11) is 0. The van der Waals surface area contributed by atoms with E-state index in [1.54, 1.807) is 28.2 Å². The van der Waals surface area contributed by atoms with Crippen molar-refractivity contribution in [2.24, 2.45) is 27.6 Å². The van der Waals surface area contributed by atoms with E-state index >= 15 is 0 Å². The Labute approximate surface area is 411 Å². The summed E-state index contributed by atoms with van der Waals surface area (Å²) >= 11 is 1.46. The van der Waals surface area contributed by atoms with Gasteiger partial charge in [-0.15, -0.1) is 31.7 Å². The van der Waals surface area contributed by atoms with Gasteiger partial charge >= 0.3 is 151 Å². The van der Waals surface area contributed by atoms with Gasteiger partial charge in [-0.3, -0.25) is 0 Å². The van der Waals surface area contributed by atoms with Crippen molar-refractivity contribution < 1.29 is 24.2 Å². The van der Waals surface area contributed by atoms with Gasteiger partial charge in [0.1, 0.15) is 0 Å². The van der Waals surface area contributed by atoms with Crippen LogP contribution in [0, 0.1) is 33.5 Å². The van der Waals surface area contributed by atoms with Crippen molar-refractivity contribution in [2.45, 2.75) is 127 Å². The van der Waals surface area contributed by atoms with Crippen LogP contribution in [0.25, 0.3) is 5.57 Å². The molecule has 0 spiro atoms. The van der Waals surface area contributed by atoms with Gasteiger partial charge in [-0.1, -0.05) is 113 Å². The van der Waals surface area contributed by atoms with Gasteiger partial charge in [0.05, 0.1) is 0 Å². The zero-order valence-electron chi connectivity index (χ0n) is 40.9. The first kappa shape index (κ1) is 52.4. The van der Waals surface area contributed by atoms with Crippen LogP contribution in [0.5, 0.6) is 0 Å². The Morgan fingerprint density at radius 1 is 0.635 bits per heavy atom. The average molecular weight is 958 g/mol. The van der Waals surface area contributed by atoms with Gasteiger partial charge in [-0.2, -0.15) is 47.5 Å². The fourth-order valence-corrected chi connectivity index (χ4v) is 11.5. The fraction of sp³-hybridized carbons (Fsp3) is 0.400. The molecule has 4 aliphatic rings. The Hall–Kier alpha value is -3.22. The normalized spacial score (nSPS) is 20.8. The third-order valence-corrected chi connectivity index (χ3v) is 17.4. The molecule has 336 valence electrons. The number of fused-ring (bicyclic) bond motifs is 6. The summed E-state index contributed by atoms with van der Waals surface area (Å²) in [5, 5.41) is 0. The maximum atomic E-state index is 2.62. The van der Waals surface area contributed by atoms with E-state index in [9.17, 15) is 0 Å². The van der Waals surface area contributed by atoms with Crippen molar-refractivity contribution in [1.82, 2.24) is 0 Å². The molecule has 0 nitrogen and oxygen atoms in total. The molecular formula is C60H75Cl2Zr-3. The first-order valence-electron chi connectivity index (χ1n) is 22.8. The zero-order valence-corrected chi connectivity index (χ0v) is 45.0. The summed E-state index contributed by atoms with van der Waals surface area (Å²) in [5.41, 5.74) is 16.2. The van der Waals surface area contributed by atoms with Crippen molar-refractivity contribution in [3.8, 4) is 0 Å². The molecule has 0 radical (unpaired) electrons. The molecule has 1 saturated carbocycles. The molecule has 0 saturated heterocycles. The van der Waals surface area contributed by atoms with E-state index in [1.165, 1.54) is 73.7 Å². The zero-order chi connectivity index (χ0) is 44.6. The van der Waals surface area contributed by atoms with Gasteiger partial charge in [-0.25, -0.2) is 30.2 Å². The van der Waals surface area contributed by atoms with Crippen LogP contribution in [0.4, 0.5) is 0 Å². The molecule has 3 heteroatoms. The molecule has 63 heavy (non-hydrogen) atoms. The van der Waals surface area contributed by atoms with Crippen molar-refractivity contribution >= 4 is 33.6 Å². The summed E-state index contributed by atoms with van der Waals surface area (Å²) < 4.78 is 1.42. The van der Waals surface area contributed by atoms with Crippen LogP contribution in [0.1, 0.15) is 143 Å². The van der Waals surface area contributed by atoms with Crippen molar-refractivity contribution in [3.63, 3.8) is 0 Å². The third-order valence-electron chi connectivity index (χ3n) is 16.0. The molecule has 0 bridgehead atoms. The maximum Gasteiger partial charge on any atom is -0.00969 e. The van der Waals surface area contributed by atoms with Crippen LogP contribution in [-0.2, 0) is 41.5 Å². The van der Waals surface area contributed by atoms with Crippen LogP contribution >= 0.6 is 24.8 Å². The predicted molar refractivity (Wildman–Crippen MR) is 276 cm³/mol. The van der Waals surface area contributed by atoms with Crippen LogP contribution < -0.4 is 0 Å². The molecule has 0 N–H and O–H groups in total. The number of benzene rings is 3. The Kier molecular flexibility index (Phi) is 16.7. The molecule has 0 aliphatic heterocycles. The fourth-order valence-electron chi connectivity index (χ4n) is 10.7. The molecule has 0 amide bonds. The van der Waals surface area contributed by atoms with Gasteiger partial charge in [0.2, 0.25) is 0 Å². The van der Waals surface area contributed by atoms with Gasteiger partial charge in [0.15, 0.2) is 0 Å². The quantitative estimate of drug-likeness (QED) is 0.155. The molecule has 0 aromatic heterocycles. The third kappa shape index (κ3) is 9.98. The second-order valence-electron chi connectivity index (χ2n) is 21.7. The van der Waals surface area contributed by atoms with Crippen LogP contribution in [0.3, 0.4) is 0 Å². The Balaban J connectivity index is 0.000000225. The maximum absolute atomic E-state index is 2.62. The summed E-state index contributed by atoms with van der Waals surface area (Å²) in [4.78, 5) is 0. The minimum absolute atomic E-state index is 0. The van der Waals surface area contributed by atoms with E-state index in [-0.39, 0.29) is 57.3 Å². The molecule has 2 unspecified atom stereocenters. The molecule has 2 atom stereocenters. The Morgan fingerprint density at radius 3 is 1.52 bits per heavy atom. The monoisotopic (exact) mass is 955 g/mol. The molecule has 1 fully saturated rings. The second kappa shape index (κ2) is 20.1. The molecule has 5 aromatic carbocycles. The standard InChI is InChI=1S/C29H37.C21H26.2C5H5.2ClH.Zr/c1-18-25-22-17-19-13-9-10-14-20(19)24(22)21-15-11-12-16-23(21)29(25,8)28(6,7)27(4,5)26(18,2)3;1-20(2,3)18-11-7-16(8-12-18)15-17-9-13-19(14-10-17)21(4,5)6;2*1-2-4-5-3-1;;;/h9-11,13-15,23H,12,16-17H2,1-8H3;7-14H,1-6H3;2*1-5H;2*1H;/q-1;;2*-1;;;. The number of halogens is 2. The summed E-state index contributed by atoms with van der Waals surface area (Å²) in [6.45, 7) is 33.9. The van der Waals surface area contributed by atoms with E-state index in [4.69, 9.17) is 0 Å². The Bertz CT molecular complexity index is 2220. The largest absolute Gasteiger partial charge is 0.214 e. The van der Waals surface area contributed by atoms with Gasteiger partial charge in [0, 0.05) is 0 Å². The summed E-state index contributed by atoms with van der Waals surface area (Å²) in [6, 6.07) is 47.3.